The summed E-state index contributed by atoms with van der Waals surface area (Å²) in [6.07, 6.45) is 3.89. The summed E-state index contributed by atoms with van der Waals surface area (Å²) in [4.78, 5) is 14.8. The zero-order chi connectivity index (χ0) is 20.0. The highest BCUT2D eigenvalue weighted by molar-refractivity contribution is 5.70. The van der Waals surface area contributed by atoms with E-state index in [1.54, 1.807) is 0 Å². The van der Waals surface area contributed by atoms with E-state index in [2.05, 4.69) is 39.8 Å². The van der Waals surface area contributed by atoms with Crippen LogP contribution in [-0.4, -0.2) is 42.1 Å². The molecule has 2 spiro atoms. The molecule has 5 heteroatoms. The number of ether oxygens (including phenoxy) is 3. The summed E-state index contributed by atoms with van der Waals surface area (Å²) >= 11 is 0. The number of carbonyl (C=O) groups excluding carboxylic acids is 1. The molecule has 1 amide bonds. The third-order valence-electron chi connectivity index (χ3n) is 6.83. The highest BCUT2D eigenvalue weighted by atomic mass is 16.7. The molecule has 1 saturated carbocycles. The standard InChI is InChI=1S/C23H33NO4/c1-17-7-5-6-8-19(17)18(2)24-14-13-22(28-20(24)25)9-11-23(12-10-22)26-15-21(3,4)16-27-23/h5-8,18H,9-16H2,1-4H3/t18-/m0/s1. The van der Waals surface area contributed by atoms with Gasteiger partial charge in [-0.25, -0.2) is 4.79 Å². The zero-order valence-electron chi connectivity index (χ0n) is 17.6. The van der Waals surface area contributed by atoms with Gasteiger partial charge in [0.15, 0.2) is 5.79 Å². The van der Waals surface area contributed by atoms with Crippen LogP contribution in [0.1, 0.15) is 70.0 Å². The van der Waals surface area contributed by atoms with Crippen molar-refractivity contribution in [2.45, 2.75) is 77.2 Å². The number of hydrogen-bond donors (Lipinski definition) is 0. The first-order chi connectivity index (χ1) is 13.2. The van der Waals surface area contributed by atoms with Gasteiger partial charge in [-0.3, -0.25) is 0 Å². The van der Waals surface area contributed by atoms with E-state index in [0.29, 0.717) is 0 Å². The van der Waals surface area contributed by atoms with Crippen molar-refractivity contribution >= 4 is 6.09 Å². The van der Waals surface area contributed by atoms with Crippen molar-refractivity contribution in [3.05, 3.63) is 35.4 Å². The lowest BCUT2D eigenvalue weighted by Crippen LogP contribution is -2.56. The molecule has 1 aromatic rings. The minimum absolute atomic E-state index is 0.0215. The monoisotopic (exact) mass is 387 g/mol. The first kappa shape index (κ1) is 19.7. The molecule has 0 N–H and O–H groups in total. The largest absolute Gasteiger partial charge is 0.443 e. The number of nitrogens with zero attached hydrogens (tertiary/aromatic N) is 1. The van der Waals surface area contributed by atoms with Gasteiger partial charge in [-0.05, 0) is 37.8 Å². The summed E-state index contributed by atoms with van der Waals surface area (Å²) in [5, 5.41) is 0. The molecule has 4 rings (SSSR count). The highest BCUT2D eigenvalue weighted by Gasteiger charge is 2.51. The topological polar surface area (TPSA) is 48.0 Å². The lowest BCUT2D eigenvalue weighted by molar-refractivity contribution is -0.320. The minimum Gasteiger partial charge on any atom is -0.443 e. The van der Waals surface area contributed by atoms with Crippen LogP contribution in [0.2, 0.25) is 0 Å². The Morgan fingerprint density at radius 1 is 1.00 bits per heavy atom. The summed E-state index contributed by atoms with van der Waals surface area (Å²) in [7, 11) is 0. The average molecular weight is 388 g/mol. The van der Waals surface area contributed by atoms with Crippen molar-refractivity contribution in [1.29, 1.82) is 0 Å². The Balaban J connectivity index is 1.38. The van der Waals surface area contributed by atoms with Gasteiger partial charge >= 0.3 is 6.09 Å². The van der Waals surface area contributed by atoms with Crippen LogP contribution in [-0.2, 0) is 14.2 Å². The Bertz CT molecular complexity index is 724. The molecule has 1 aliphatic carbocycles. The number of hydrogen-bond acceptors (Lipinski definition) is 4. The third kappa shape index (κ3) is 3.67. The van der Waals surface area contributed by atoms with Gasteiger partial charge in [0.2, 0.25) is 0 Å². The number of benzene rings is 1. The predicted octanol–water partition coefficient (Wildman–Crippen LogP) is 4.98. The van der Waals surface area contributed by atoms with E-state index in [-0.39, 0.29) is 23.2 Å². The van der Waals surface area contributed by atoms with E-state index in [4.69, 9.17) is 14.2 Å². The predicted molar refractivity (Wildman–Crippen MR) is 107 cm³/mol. The molecule has 28 heavy (non-hydrogen) atoms. The maximum atomic E-state index is 12.9. The van der Waals surface area contributed by atoms with E-state index < -0.39 is 5.79 Å². The van der Waals surface area contributed by atoms with Gasteiger partial charge < -0.3 is 19.1 Å². The van der Waals surface area contributed by atoms with Crippen LogP contribution in [0.15, 0.2) is 24.3 Å². The van der Waals surface area contributed by atoms with E-state index in [0.717, 1.165) is 51.9 Å². The van der Waals surface area contributed by atoms with E-state index >= 15 is 0 Å². The Kier molecular flexibility index (Phi) is 4.95. The second-order valence-electron chi connectivity index (χ2n) is 9.68. The van der Waals surface area contributed by atoms with Crippen LogP contribution in [0.25, 0.3) is 0 Å². The minimum atomic E-state index is -0.473. The SMILES string of the molecule is Cc1ccccc1[C@H](C)N1CCC2(CCC3(CC2)OCC(C)(C)CO3)OC1=O. The summed E-state index contributed by atoms with van der Waals surface area (Å²) in [6, 6.07) is 8.27. The Morgan fingerprint density at radius 3 is 2.25 bits per heavy atom. The summed E-state index contributed by atoms with van der Waals surface area (Å²) in [6.45, 7) is 10.7. The smallest absolute Gasteiger partial charge is 0.410 e. The lowest BCUT2D eigenvalue weighted by atomic mass is 9.77. The van der Waals surface area contributed by atoms with Crippen molar-refractivity contribution in [3.8, 4) is 0 Å². The molecule has 2 saturated heterocycles. The van der Waals surface area contributed by atoms with Crippen LogP contribution in [0.5, 0.6) is 0 Å². The van der Waals surface area contributed by atoms with E-state index in [1.165, 1.54) is 11.1 Å². The molecule has 3 aliphatic rings. The quantitative estimate of drug-likeness (QED) is 0.718. The third-order valence-corrected chi connectivity index (χ3v) is 6.83. The van der Waals surface area contributed by atoms with Gasteiger partial charge in [0.25, 0.3) is 0 Å². The molecule has 0 aromatic heterocycles. The van der Waals surface area contributed by atoms with Gasteiger partial charge in [-0.15, -0.1) is 0 Å². The number of rotatable bonds is 2. The zero-order valence-corrected chi connectivity index (χ0v) is 17.6. The van der Waals surface area contributed by atoms with Crippen molar-refractivity contribution in [3.63, 3.8) is 0 Å². The maximum Gasteiger partial charge on any atom is 0.410 e. The first-order valence-corrected chi connectivity index (χ1v) is 10.6. The molecule has 5 nitrogen and oxygen atoms in total. The average Bonchev–Trinajstić information content (AvgIpc) is 2.67. The van der Waals surface area contributed by atoms with Crippen molar-refractivity contribution in [2.24, 2.45) is 5.41 Å². The second kappa shape index (κ2) is 7.03. The molecule has 2 aliphatic heterocycles. The molecule has 0 radical (unpaired) electrons. The van der Waals surface area contributed by atoms with Gasteiger partial charge in [0.1, 0.15) is 5.60 Å². The molecule has 154 valence electrons. The van der Waals surface area contributed by atoms with Crippen molar-refractivity contribution < 1.29 is 19.0 Å². The van der Waals surface area contributed by atoms with E-state index in [1.807, 2.05) is 17.0 Å². The van der Waals surface area contributed by atoms with Crippen molar-refractivity contribution in [2.75, 3.05) is 19.8 Å². The molecule has 2 heterocycles. The fourth-order valence-corrected chi connectivity index (χ4v) is 4.75. The van der Waals surface area contributed by atoms with Crippen LogP contribution >= 0.6 is 0 Å². The van der Waals surface area contributed by atoms with Gasteiger partial charge in [-0.1, -0.05) is 38.1 Å². The normalized spacial score (nSPS) is 26.9. The van der Waals surface area contributed by atoms with Crippen molar-refractivity contribution in [1.82, 2.24) is 4.90 Å². The highest BCUT2D eigenvalue weighted by Crippen LogP contribution is 2.47. The molecule has 3 fully saturated rings. The van der Waals surface area contributed by atoms with Crippen LogP contribution in [0.4, 0.5) is 4.79 Å². The summed E-state index contributed by atoms with van der Waals surface area (Å²) in [5.41, 5.74) is 2.11. The second-order valence-corrected chi connectivity index (χ2v) is 9.68. The molecule has 0 unspecified atom stereocenters. The van der Waals surface area contributed by atoms with Crippen LogP contribution < -0.4 is 0 Å². The fraction of sp³-hybridized carbons (Fsp3) is 0.696. The van der Waals surface area contributed by atoms with E-state index in [9.17, 15) is 4.79 Å². The lowest BCUT2D eigenvalue weighted by Gasteiger charge is -2.51. The van der Waals surface area contributed by atoms with Gasteiger partial charge in [-0.2, -0.15) is 0 Å². The van der Waals surface area contributed by atoms with Gasteiger partial charge in [0.05, 0.1) is 19.3 Å². The van der Waals surface area contributed by atoms with Crippen LogP contribution in [0.3, 0.4) is 0 Å². The molecular weight excluding hydrogens is 354 g/mol. The Hall–Kier alpha value is -1.59. The maximum absolute atomic E-state index is 12.9. The van der Waals surface area contributed by atoms with Gasteiger partial charge in [0, 0.05) is 31.2 Å². The molecule has 0 bridgehead atoms. The number of carbonyl (C=O) groups is 1. The Labute approximate surface area is 168 Å². The first-order valence-electron chi connectivity index (χ1n) is 10.6. The molecule has 1 aromatic carbocycles. The molecular formula is C23H33NO4. The Morgan fingerprint density at radius 2 is 1.64 bits per heavy atom. The summed E-state index contributed by atoms with van der Waals surface area (Å²) in [5.74, 6) is -0.473. The fourth-order valence-electron chi connectivity index (χ4n) is 4.75. The number of amides is 1. The molecule has 1 atom stereocenters. The summed E-state index contributed by atoms with van der Waals surface area (Å²) < 4.78 is 18.3. The van der Waals surface area contributed by atoms with Crippen LogP contribution in [0, 0.1) is 12.3 Å². The number of aryl methyl sites for hydroxylation is 1.